The number of amides is 2. The summed E-state index contributed by atoms with van der Waals surface area (Å²) in [4.78, 5) is 28.0. The van der Waals surface area contributed by atoms with Crippen LogP contribution in [0.4, 0.5) is 5.82 Å². The van der Waals surface area contributed by atoms with Crippen LogP contribution in [0.5, 0.6) is 0 Å². The number of hydrogen-bond donors (Lipinski definition) is 1. The zero-order valence-corrected chi connectivity index (χ0v) is 21.9. The first kappa shape index (κ1) is 26.2. The molecule has 2 amide bonds. The fourth-order valence-corrected chi connectivity index (χ4v) is 4.02. The van der Waals surface area contributed by atoms with E-state index < -0.39 is 0 Å². The second-order valence-corrected chi connectivity index (χ2v) is 10.4. The van der Waals surface area contributed by atoms with E-state index in [1.165, 1.54) is 0 Å². The minimum absolute atomic E-state index is 0.00704. The first-order chi connectivity index (χ1) is 16.6. The fraction of sp³-hybridized carbons (Fsp3) is 0.414. The quantitative estimate of drug-likeness (QED) is 0.404. The third-order valence-corrected chi connectivity index (χ3v) is 5.81. The van der Waals surface area contributed by atoms with Gasteiger partial charge in [0.05, 0.1) is 17.9 Å². The van der Waals surface area contributed by atoms with Crippen molar-refractivity contribution in [2.24, 2.45) is 5.41 Å². The molecular formula is C29H38N4O2. The van der Waals surface area contributed by atoms with E-state index in [9.17, 15) is 9.59 Å². The lowest BCUT2D eigenvalue weighted by Gasteiger charge is -2.26. The maximum atomic E-state index is 13.3. The van der Waals surface area contributed by atoms with E-state index >= 15 is 0 Å². The van der Waals surface area contributed by atoms with Crippen molar-refractivity contribution in [3.05, 3.63) is 65.9 Å². The highest BCUT2D eigenvalue weighted by Crippen LogP contribution is 2.33. The summed E-state index contributed by atoms with van der Waals surface area (Å²) in [5.74, 6) is 0.391. The monoisotopic (exact) mass is 474 g/mol. The molecule has 0 fully saturated rings. The Bertz CT molecular complexity index is 1140. The summed E-state index contributed by atoms with van der Waals surface area (Å²) in [6.45, 7) is 12.8. The smallest absolute Gasteiger partial charge is 0.245 e. The molecule has 186 valence electrons. The Balaban J connectivity index is 1.95. The molecule has 0 saturated carbocycles. The first-order valence-electron chi connectivity index (χ1n) is 12.4. The molecule has 0 bridgehead atoms. The van der Waals surface area contributed by atoms with Crippen molar-refractivity contribution in [3.8, 4) is 16.8 Å². The van der Waals surface area contributed by atoms with Gasteiger partial charge < -0.3 is 10.2 Å². The third-order valence-electron chi connectivity index (χ3n) is 5.81. The van der Waals surface area contributed by atoms with Gasteiger partial charge >= 0.3 is 0 Å². The number of unbranched alkanes of at least 4 members (excludes halogenated alkanes) is 1. The number of nitrogens with zero attached hydrogens (tertiary/aromatic N) is 3. The lowest BCUT2D eigenvalue weighted by Crippen LogP contribution is -2.40. The summed E-state index contributed by atoms with van der Waals surface area (Å²) < 4.78 is 1.78. The van der Waals surface area contributed by atoms with Crippen LogP contribution in [0.1, 0.15) is 58.2 Å². The van der Waals surface area contributed by atoms with E-state index in [4.69, 9.17) is 5.10 Å². The van der Waals surface area contributed by atoms with Crippen LogP contribution in [0.3, 0.4) is 0 Å². The average molecular weight is 475 g/mol. The van der Waals surface area contributed by atoms with Gasteiger partial charge in [-0.2, -0.15) is 5.10 Å². The minimum atomic E-state index is -0.228. The predicted molar refractivity (Wildman–Crippen MR) is 143 cm³/mol. The van der Waals surface area contributed by atoms with Crippen LogP contribution in [-0.2, 0) is 9.59 Å². The molecule has 0 aliphatic rings. The van der Waals surface area contributed by atoms with Crippen molar-refractivity contribution in [2.45, 2.75) is 60.8 Å². The fourth-order valence-electron chi connectivity index (χ4n) is 4.02. The lowest BCUT2D eigenvalue weighted by atomic mass is 9.91. The van der Waals surface area contributed by atoms with Crippen molar-refractivity contribution >= 4 is 17.6 Å². The summed E-state index contributed by atoms with van der Waals surface area (Å²) >= 11 is 0. The highest BCUT2D eigenvalue weighted by Gasteiger charge is 2.25. The number of carbonyl (C=O) groups excluding carboxylic acids is 2. The van der Waals surface area contributed by atoms with Gasteiger partial charge in [0.1, 0.15) is 5.82 Å². The zero-order valence-electron chi connectivity index (χ0n) is 21.9. The highest BCUT2D eigenvalue weighted by molar-refractivity contribution is 5.98. The second-order valence-electron chi connectivity index (χ2n) is 10.4. The summed E-state index contributed by atoms with van der Waals surface area (Å²) in [7, 11) is 0. The Kier molecular flexibility index (Phi) is 8.49. The third kappa shape index (κ3) is 7.04. The molecule has 0 aliphatic heterocycles. The molecule has 3 rings (SSSR count). The van der Waals surface area contributed by atoms with Gasteiger partial charge in [0.2, 0.25) is 11.8 Å². The molecule has 0 aliphatic carbocycles. The van der Waals surface area contributed by atoms with Gasteiger partial charge in [0, 0.05) is 18.5 Å². The molecule has 0 spiro atoms. The van der Waals surface area contributed by atoms with Crippen molar-refractivity contribution in [3.63, 3.8) is 0 Å². The maximum Gasteiger partial charge on any atom is 0.245 e. The van der Waals surface area contributed by atoms with Crippen molar-refractivity contribution < 1.29 is 9.59 Å². The van der Waals surface area contributed by atoms with Gasteiger partial charge in [-0.15, -0.1) is 0 Å². The number of benzene rings is 2. The van der Waals surface area contributed by atoms with Crippen LogP contribution in [-0.4, -0.2) is 39.6 Å². The molecule has 1 aromatic heterocycles. The van der Waals surface area contributed by atoms with Gasteiger partial charge in [0.25, 0.3) is 0 Å². The first-order valence-corrected chi connectivity index (χ1v) is 12.4. The molecule has 0 saturated heterocycles. The number of aryl methyl sites for hydroxylation is 2. The molecule has 0 radical (unpaired) electrons. The summed E-state index contributed by atoms with van der Waals surface area (Å²) in [5, 5.41) is 7.88. The van der Waals surface area contributed by atoms with E-state index in [0.717, 1.165) is 40.9 Å². The van der Waals surface area contributed by atoms with Gasteiger partial charge in [-0.1, -0.05) is 82.1 Å². The topological polar surface area (TPSA) is 67.2 Å². The summed E-state index contributed by atoms with van der Waals surface area (Å²) in [6.07, 6.45) is 2.22. The molecule has 0 unspecified atom stereocenters. The number of anilines is 1. The van der Waals surface area contributed by atoms with Crippen LogP contribution in [0, 0.1) is 19.3 Å². The van der Waals surface area contributed by atoms with E-state index in [0.29, 0.717) is 18.8 Å². The van der Waals surface area contributed by atoms with Gasteiger partial charge in [-0.3, -0.25) is 9.59 Å². The molecular weight excluding hydrogens is 436 g/mol. The predicted octanol–water partition coefficient (Wildman–Crippen LogP) is 6.16. The Labute approximate surface area is 209 Å². The van der Waals surface area contributed by atoms with Gasteiger partial charge in [0.15, 0.2) is 0 Å². The van der Waals surface area contributed by atoms with Gasteiger partial charge in [-0.25, -0.2) is 4.68 Å². The molecule has 6 heteroatoms. The highest BCUT2D eigenvalue weighted by atomic mass is 16.2. The Morgan fingerprint density at radius 2 is 1.66 bits per heavy atom. The van der Waals surface area contributed by atoms with Crippen LogP contribution in [0.25, 0.3) is 16.8 Å². The number of nitrogens with one attached hydrogen (secondary N) is 1. The van der Waals surface area contributed by atoms with Crippen LogP contribution >= 0.6 is 0 Å². The number of aromatic nitrogens is 2. The average Bonchev–Trinajstić information content (AvgIpc) is 3.12. The van der Waals surface area contributed by atoms with Crippen LogP contribution in [0.2, 0.25) is 0 Å². The molecule has 3 aromatic rings. The number of hydrogen-bond acceptors (Lipinski definition) is 3. The lowest BCUT2D eigenvalue weighted by molar-refractivity contribution is -0.136. The summed E-state index contributed by atoms with van der Waals surface area (Å²) in [6, 6.07) is 18.0. The number of carbonyl (C=O) groups is 2. The van der Waals surface area contributed by atoms with Crippen molar-refractivity contribution in [2.75, 3.05) is 18.4 Å². The number of rotatable bonds is 9. The van der Waals surface area contributed by atoms with E-state index in [1.54, 1.807) is 9.58 Å². The normalized spacial score (nSPS) is 11.4. The minimum Gasteiger partial charge on any atom is -0.333 e. The van der Waals surface area contributed by atoms with Crippen molar-refractivity contribution in [1.82, 2.24) is 14.7 Å². The maximum absolute atomic E-state index is 13.3. The SMILES string of the molecule is CCCCN(CC(=O)Nc1c(-c2ccccc2)c(C)nn1-c1ccc(C)cc1)C(=O)CC(C)(C)C. The Hall–Kier alpha value is -3.41. The molecule has 35 heavy (non-hydrogen) atoms. The molecule has 0 atom stereocenters. The van der Waals surface area contributed by atoms with Crippen LogP contribution < -0.4 is 5.32 Å². The molecule has 1 N–H and O–H groups in total. The Morgan fingerprint density at radius 3 is 2.26 bits per heavy atom. The molecule has 6 nitrogen and oxygen atoms in total. The molecule has 1 heterocycles. The van der Waals surface area contributed by atoms with Crippen molar-refractivity contribution in [1.29, 1.82) is 0 Å². The second kappa shape index (κ2) is 11.3. The van der Waals surface area contributed by atoms with Gasteiger partial charge in [-0.05, 0) is 43.4 Å². The van der Waals surface area contributed by atoms with E-state index in [-0.39, 0.29) is 23.8 Å². The van der Waals surface area contributed by atoms with Crippen LogP contribution in [0.15, 0.2) is 54.6 Å². The van der Waals surface area contributed by atoms with E-state index in [2.05, 4.69) is 12.2 Å². The van der Waals surface area contributed by atoms with E-state index in [1.807, 2.05) is 89.2 Å². The standard InChI is InChI=1S/C29H38N4O2/c1-7-8-18-32(26(35)19-29(4,5)6)20-25(34)30-28-27(23-12-10-9-11-13-23)22(3)31-33(28)24-16-14-21(2)15-17-24/h9-17H,7-8,18-20H2,1-6H3,(H,30,34). The summed E-state index contributed by atoms with van der Waals surface area (Å²) in [5.41, 5.74) is 4.54. The Morgan fingerprint density at radius 1 is 1.00 bits per heavy atom. The molecule has 2 aromatic carbocycles. The largest absolute Gasteiger partial charge is 0.333 e. The zero-order chi connectivity index (χ0) is 25.6.